The number of nitrogens with zero attached hydrogens (tertiary/aromatic N) is 4. The molecule has 1 fully saturated rings. The van der Waals surface area contributed by atoms with Gasteiger partial charge in [-0.1, -0.05) is 35.9 Å². The van der Waals surface area contributed by atoms with Crippen LogP contribution in [0.4, 0.5) is 10.5 Å². The van der Waals surface area contributed by atoms with E-state index in [1.165, 1.54) is 16.7 Å². The zero-order chi connectivity index (χ0) is 29.9. The van der Waals surface area contributed by atoms with E-state index >= 15 is 0 Å². The second-order valence-corrected chi connectivity index (χ2v) is 11.0. The fraction of sp³-hybridized carbons (Fsp3) is 0.257. The molecular weight excluding hydrogens is 538 g/mol. The Bertz CT molecular complexity index is 1750. The minimum atomic E-state index is -0.0881. The fourth-order valence-corrected chi connectivity index (χ4v) is 5.65. The maximum atomic E-state index is 13.0. The minimum absolute atomic E-state index is 0.0881. The van der Waals surface area contributed by atoms with Crippen LogP contribution < -0.4 is 14.8 Å². The normalized spacial score (nSPS) is 13.7. The number of hydrogen-bond donors (Lipinski definition) is 1. The Balaban J connectivity index is 1.27. The van der Waals surface area contributed by atoms with Crippen molar-refractivity contribution < 1.29 is 14.3 Å². The van der Waals surface area contributed by atoms with Gasteiger partial charge in [-0.25, -0.2) is 9.78 Å². The third kappa shape index (κ3) is 6.05. The number of amides is 2. The number of fused-ring (bicyclic) bond motifs is 1. The number of carbonyl (C=O) groups is 1. The molecule has 0 aliphatic carbocycles. The van der Waals surface area contributed by atoms with Crippen LogP contribution in [0, 0.1) is 13.8 Å². The molecule has 3 aromatic carbocycles. The molecule has 0 unspecified atom stereocenters. The Morgan fingerprint density at radius 2 is 1.60 bits per heavy atom. The van der Waals surface area contributed by atoms with Gasteiger partial charge in [0.1, 0.15) is 17.1 Å². The highest BCUT2D eigenvalue weighted by Crippen LogP contribution is 2.31. The number of benzene rings is 3. The van der Waals surface area contributed by atoms with E-state index < -0.39 is 0 Å². The van der Waals surface area contributed by atoms with Gasteiger partial charge >= 0.3 is 6.03 Å². The first-order valence-corrected chi connectivity index (χ1v) is 14.6. The summed E-state index contributed by atoms with van der Waals surface area (Å²) in [5.41, 5.74) is 9.58. The molecule has 1 saturated heterocycles. The van der Waals surface area contributed by atoms with E-state index in [2.05, 4.69) is 71.1 Å². The quantitative estimate of drug-likeness (QED) is 0.235. The number of imidazole rings is 1. The smallest absolute Gasteiger partial charge is 0.321 e. The molecule has 3 heterocycles. The molecule has 1 aliphatic heterocycles. The van der Waals surface area contributed by atoms with Crippen LogP contribution in [0.5, 0.6) is 11.5 Å². The van der Waals surface area contributed by atoms with Crippen molar-refractivity contribution in [3.63, 3.8) is 0 Å². The summed E-state index contributed by atoms with van der Waals surface area (Å²) in [6, 6.07) is 26.2. The van der Waals surface area contributed by atoms with Crippen molar-refractivity contribution in [1.29, 1.82) is 0 Å². The first kappa shape index (κ1) is 28.3. The number of aryl methyl sites for hydroxylation is 2. The molecule has 5 aromatic rings. The number of piperazine rings is 1. The van der Waals surface area contributed by atoms with E-state index in [1.807, 2.05) is 47.4 Å². The summed E-state index contributed by atoms with van der Waals surface area (Å²) in [6.45, 7) is 7.79. The number of pyridine rings is 1. The van der Waals surface area contributed by atoms with E-state index in [1.54, 1.807) is 14.2 Å². The van der Waals surface area contributed by atoms with Crippen molar-refractivity contribution in [2.45, 2.75) is 20.4 Å². The minimum Gasteiger partial charge on any atom is -0.497 e. The van der Waals surface area contributed by atoms with Crippen LogP contribution in [-0.4, -0.2) is 65.6 Å². The number of anilines is 1. The van der Waals surface area contributed by atoms with Crippen molar-refractivity contribution in [2.24, 2.45) is 0 Å². The Labute approximate surface area is 252 Å². The van der Waals surface area contributed by atoms with Gasteiger partial charge < -0.3 is 24.1 Å². The summed E-state index contributed by atoms with van der Waals surface area (Å²) in [6.07, 6.45) is 2.21. The summed E-state index contributed by atoms with van der Waals surface area (Å²) < 4.78 is 13.0. The van der Waals surface area contributed by atoms with Crippen LogP contribution >= 0.6 is 0 Å². The van der Waals surface area contributed by atoms with Crippen molar-refractivity contribution in [1.82, 2.24) is 19.2 Å². The predicted molar refractivity (Wildman–Crippen MR) is 171 cm³/mol. The molecule has 8 heteroatoms. The monoisotopic (exact) mass is 575 g/mol. The number of methoxy groups -OCH3 is 2. The summed E-state index contributed by atoms with van der Waals surface area (Å²) in [4.78, 5) is 22.4. The Kier molecular flexibility index (Phi) is 8.03. The van der Waals surface area contributed by atoms with Crippen LogP contribution in [0.1, 0.15) is 16.8 Å². The van der Waals surface area contributed by atoms with Crippen molar-refractivity contribution in [2.75, 3.05) is 45.7 Å². The van der Waals surface area contributed by atoms with Crippen LogP contribution in [-0.2, 0) is 6.54 Å². The van der Waals surface area contributed by atoms with E-state index in [0.717, 1.165) is 58.4 Å². The maximum absolute atomic E-state index is 13.0. The Morgan fingerprint density at radius 1 is 0.837 bits per heavy atom. The first-order valence-electron chi connectivity index (χ1n) is 14.6. The molecule has 1 aliphatic rings. The summed E-state index contributed by atoms with van der Waals surface area (Å²) in [5, 5.41) is 3.01. The van der Waals surface area contributed by atoms with Gasteiger partial charge in [-0.2, -0.15) is 0 Å². The standard InChI is InChI=1S/C35H37N5O3/c1-24-8-9-25(2)31(20-24)27-10-15-33-37-34(26-6-5-7-30(21-26)43-4)32(40(33)22-27)23-38-16-18-39(19-17-38)35(41)36-28-11-13-29(42-3)14-12-28/h5-15,20-22H,16-19,23H2,1-4H3,(H,36,41). The number of urea groups is 1. The molecule has 6 rings (SSSR count). The Hall–Kier alpha value is -4.82. The van der Waals surface area contributed by atoms with Gasteiger partial charge in [-0.15, -0.1) is 0 Å². The van der Waals surface area contributed by atoms with Crippen LogP contribution in [0.3, 0.4) is 0 Å². The van der Waals surface area contributed by atoms with Gasteiger partial charge in [-0.05, 0) is 79.1 Å². The van der Waals surface area contributed by atoms with Gasteiger partial charge in [0.05, 0.1) is 25.6 Å². The number of hydrogen-bond acceptors (Lipinski definition) is 5. The first-order chi connectivity index (χ1) is 20.9. The summed E-state index contributed by atoms with van der Waals surface area (Å²) >= 11 is 0. The number of aromatic nitrogens is 2. The molecule has 1 N–H and O–H groups in total. The van der Waals surface area contributed by atoms with Crippen LogP contribution in [0.25, 0.3) is 28.0 Å². The number of rotatable bonds is 7. The molecular formula is C35H37N5O3. The van der Waals surface area contributed by atoms with E-state index in [4.69, 9.17) is 14.5 Å². The molecule has 0 radical (unpaired) electrons. The average molecular weight is 576 g/mol. The predicted octanol–water partition coefficient (Wildman–Crippen LogP) is 6.65. The lowest BCUT2D eigenvalue weighted by atomic mass is 10.00. The third-order valence-corrected chi connectivity index (χ3v) is 8.14. The van der Waals surface area contributed by atoms with Crippen LogP contribution in [0.2, 0.25) is 0 Å². The van der Waals surface area contributed by atoms with E-state index in [9.17, 15) is 4.79 Å². The van der Waals surface area contributed by atoms with E-state index in [-0.39, 0.29) is 6.03 Å². The molecule has 220 valence electrons. The van der Waals surface area contributed by atoms with Crippen molar-refractivity contribution >= 4 is 17.4 Å². The highest BCUT2D eigenvalue weighted by molar-refractivity contribution is 5.89. The molecule has 2 aromatic heterocycles. The highest BCUT2D eigenvalue weighted by atomic mass is 16.5. The maximum Gasteiger partial charge on any atom is 0.321 e. The number of ether oxygens (including phenoxy) is 2. The largest absolute Gasteiger partial charge is 0.497 e. The highest BCUT2D eigenvalue weighted by Gasteiger charge is 2.24. The van der Waals surface area contributed by atoms with E-state index in [0.29, 0.717) is 19.6 Å². The summed E-state index contributed by atoms with van der Waals surface area (Å²) in [5.74, 6) is 1.56. The second-order valence-electron chi connectivity index (χ2n) is 11.0. The number of carbonyl (C=O) groups excluding carboxylic acids is 1. The lowest BCUT2D eigenvalue weighted by Gasteiger charge is -2.34. The van der Waals surface area contributed by atoms with Crippen LogP contribution in [0.15, 0.2) is 85.1 Å². The van der Waals surface area contributed by atoms with Gasteiger partial charge in [0, 0.05) is 50.2 Å². The zero-order valence-corrected chi connectivity index (χ0v) is 25.1. The molecule has 2 amide bonds. The third-order valence-electron chi connectivity index (χ3n) is 8.14. The molecule has 0 bridgehead atoms. The zero-order valence-electron chi connectivity index (χ0n) is 25.1. The molecule has 0 atom stereocenters. The molecule has 0 saturated carbocycles. The van der Waals surface area contributed by atoms with Crippen molar-refractivity contribution in [3.05, 3.63) is 102 Å². The Morgan fingerprint density at radius 3 is 2.35 bits per heavy atom. The second kappa shape index (κ2) is 12.2. The van der Waals surface area contributed by atoms with Gasteiger partial charge in [0.2, 0.25) is 0 Å². The van der Waals surface area contributed by atoms with Gasteiger partial charge in [0.25, 0.3) is 0 Å². The average Bonchev–Trinajstić information content (AvgIpc) is 3.40. The van der Waals surface area contributed by atoms with Gasteiger partial charge in [-0.3, -0.25) is 4.90 Å². The van der Waals surface area contributed by atoms with Crippen molar-refractivity contribution in [3.8, 4) is 33.9 Å². The lowest BCUT2D eigenvalue weighted by molar-refractivity contribution is 0.142. The lowest BCUT2D eigenvalue weighted by Crippen LogP contribution is -2.49. The number of nitrogens with one attached hydrogen (secondary N) is 1. The summed E-state index contributed by atoms with van der Waals surface area (Å²) in [7, 11) is 3.31. The fourth-order valence-electron chi connectivity index (χ4n) is 5.65. The molecule has 8 nitrogen and oxygen atoms in total. The van der Waals surface area contributed by atoms with Gasteiger partial charge in [0.15, 0.2) is 0 Å². The molecule has 0 spiro atoms. The molecule has 43 heavy (non-hydrogen) atoms. The SMILES string of the molecule is COc1ccc(NC(=O)N2CCN(Cc3c(-c4cccc(OC)c4)nc4ccc(-c5cc(C)ccc5C)cn34)CC2)cc1. The topological polar surface area (TPSA) is 71.3 Å².